The molecule has 2 aliphatic rings. The standard InChI is InChI=1S/C22H23ClFN5O/c1-30-22-26-17-13-29(10-7-15(17)21(27-22)28-11-8-25-9-12-28)18-4-2-3-14-5-6-16(24)20(23)19(14)18/h2-6,25H,7-13H2,1H3. The highest BCUT2D eigenvalue weighted by Crippen LogP contribution is 2.37. The van der Waals surface area contributed by atoms with Crippen LogP contribution in [0.3, 0.4) is 0 Å². The minimum Gasteiger partial charge on any atom is -0.467 e. The molecule has 1 aromatic heterocycles. The quantitative estimate of drug-likeness (QED) is 0.691. The van der Waals surface area contributed by atoms with Gasteiger partial charge in [0, 0.05) is 49.4 Å². The summed E-state index contributed by atoms with van der Waals surface area (Å²) in [4.78, 5) is 13.9. The molecule has 1 N–H and O–H groups in total. The molecule has 2 aliphatic heterocycles. The second-order valence-electron chi connectivity index (χ2n) is 7.60. The fourth-order valence-corrected chi connectivity index (χ4v) is 4.65. The molecule has 0 saturated carbocycles. The van der Waals surface area contributed by atoms with E-state index in [1.807, 2.05) is 18.2 Å². The average Bonchev–Trinajstić information content (AvgIpc) is 2.80. The van der Waals surface area contributed by atoms with E-state index in [4.69, 9.17) is 16.3 Å². The predicted octanol–water partition coefficient (Wildman–Crippen LogP) is 3.40. The van der Waals surface area contributed by atoms with E-state index in [1.54, 1.807) is 13.2 Å². The van der Waals surface area contributed by atoms with Gasteiger partial charge in [-0.1, -0.05) is 29.8 Å². The van der Waals surface area contributed by atoms with Crippen LogP contribution >= 0.6 is 11.6 Å². The summed E-state index contributed by atoms with van der Waals surface area (Å²) in [6.07, 6.45) is 0.807. The van der Waals surface area contributed by atoms with Gasteiger partial charge in [-0.15, -0.1) is 0 Å². The van der Waals surface area contributed by atoms with Crippen molar-refractivity contribution in [3.63, 3.8) is 0 Å². The van der Waals surface area contributed by atoms with Gasteiger partial charge >= 0.3 is 6.01 Å². The van der Waals surface area contributed by atoms with E-state index in [1.165, 1.54) is 11.6 Å². The normalized spacial score (nSPS) is 16.6. The smallest absolute Gasteiger partial charge is 0.318 e. The number of aromatic nitrogens is 2. The summed E-state index contributed by atoms with van der Waals surface area (Å²) in [6, 6.07) is 9.49. The number of nitrogens with zero attached hydrogens (tertiary/aromatic N) is 4. The fourth-order valence-electron chi connectivity index (χ4n) is 4.38. The Morgan fingerprint density at radius 3 is 2.70 bits per heavy atom. The van der Waals surface area contributed by atoms with Gasteiger partial charge in [0.25, 0.3) is 0 Å². The van der Waals surface area contributed by atoms with Gasteiger partial charge in [0.05, 0.1) is 24.4 Å². The zero-order valence-electron chi connectivity index (χ0n) is 16.8. The van der Waals surface area contributed by atoms with Crippen LogP contribution in [0.25, 0.3) is 10.8 Å². The molecular weight excluding hydrogens is 405 g/mol. The molecule has 0 atom stereocenters. The van der Waals surface area contributed by atoms with Gasteiger partial charge in [0.1, 0.15) is 11.6 Å². The van der Waals surface area contributed by atoms with Crippen LogP contribution < -0.4 is 19.9 Å². The van der Waals surface area contributed by atoms with Crippen LogP contribution in [0, 0.1) is 5.82 Å². The summed E-state index contributed by atoms with van der Waals surface area (Å²) in [5, 5.41) is 5.21. The third-order valence-corrected chi connectivity index (χ3v) is 6.25. The first kappa shape index (κ1) is 19.3. The molecule has 30 heavy (non-hydrogen) atoms. The van der Waals surface area contributed by atoms with Gasteiger partial charge in [-0.3, -0.25) is 0 Å². The van der Waals surface area contributed by atoms with Crippen molar-refractivity contribution in [1.82, 2.24) is 15.3 Å². The molecule has 1 saturated heterocycles. The molecule has 156 valence electrons. The molecule has 2 aromatic carbocycles. The van der Waals surface area contributed by atoms with Crippen LogP contribution in [-0.4, -0.2) is 49.8 Å². The van der Waals surface area contributed by atoms with E-state index in [0.29, 0.717) is 12.6 Å². The number of nitrogens with one attached hydrogen (secondary N) is 1. The van der Waals surface area contributed by atoms with Crippen LogP contribution in [0.15, 0.2) is 30.3 Å². The van der Waals surface area contributed by atoms with Crippen molar-refractivity contribution in [2.75, 3.05) is 49.6 Å². The number of rotatable bonds is 3. The van der Waals surface area contributed by atoms with Crippen molar-refractivity contribution in [2.45, 2.75) is 13.0 Å². The molecule has 0 amide bonds. The summed E-state index contributed by atoms with van der Waals surface area (Å²) in [5.41, 5.74) is 3.04. The first-order chi connectivity index (χ1) is 14.7. The van der Waals surface area contributed by atoms with Crippen molar-refractivity contribution >= 4 is 33.9 Å². The number of halogens is 2. The van der Waals surface area contributed by atoms with Crippen LogP contribution in [0.2, 0.25) is 5.02 Å². The number of anilines is 2. The minimum atomic E-state index is -0.404. The summed E-state index contributed by atoms with van der Waals surface area (Å²) in [7, 11) is 1.59. The van der Waals surface area contributed by atoms with Crippen molar-refractivity contribution in [2.24, 2.45) is 0 Å². The molecule has 0 aliphatic carbocycles. The van der Waals surface area contributed by atoms with E-state index in [-0.39, 0.29) is 5.02 Å². The van der Waals surface area contributed by atoms with Crippen molar-refractivity contribution in [3.8, 4) is 6.01 Å². The lowest BCUT2D eigenvalue weighted by atomic mass is 10.0. The van der Waals surface area contributed by atoms with E-state index in [2.05, 4.69) is 25.1 Å². The van der Waals surface area contributed by atoms with Crippen molar-refractivity contribution < 1.29 is 9.13 Å². The molecule has 8 heteroatoms. The summed E-state index contributed by atoms with van der Waals surface area (Å²) in [5.74, 6) is 0.569. The maximum absolute atomic E-state index is 14.2. The third kappa shape index (κ3) is 3.32. The van der Waals surface area contributed by atoms with Crippen LogP contribution in [0.5, 0.6) is 6.01 Å². The maximum Gasteiger partial charge on any atom is 0.318 e. The molecule has 1 fully saturated rings. The van der Waals surface area contributed by atoms with Gasteiger partial charge in [-0.2, -0.15) is 9.97 Å². The highest BCUT2D eigenvalue weighted by molar-refractivity contribution is 6.36. The van der Waals surface area contributed by atoms with Gasteiger partial charge in [-0.25, -0.2) is 4.39 Å². The summed E-state index contributed by atoms with van der Waals surface area (Å²) >= 11 is 6.37. The molecule has 6 nitrogen and oxygen atoms in total. The number of methoxy groups -OCH3 is 1. The highest BCUT2D eigenvalue weighted by atomic mass is 35.5. The van der Waals surface area contributed by atoms with E-state index >= 15 is 0 Å². The third-order valence-electron chi connectivity index (χ3n) is 5.88. The number of benzene rings is 2. The number of piperazine rings is 1. The highest BCUT2D eigenvalue weighted by Gasteiger charge is 2.27. The van der Waals surface area contributed by atoms with Gasteiger partial charge in [-0.05, 0) is 23.9 Å². The van der Waals surface area contributed by atoms with Gasteiger partial charge in [0.15, 0.2) is 0 Å². The summed E-state index contributed by atoms with van der Waals surface area (Å²) in [6.45, 7) is 5.08. The zero-order valence-corrected chi connectivity index (χ0v) is 17.5. The van der Waals surface area contributed by atoms with Crippen LogP contribution in [0.4, 0.5) is 15.9 Å². The fraction of sp³-hybridized carbons (Fsp3) is 0.364. The lowest BCUT2D eigenvalue weighted by molar-refractivity contribution is 0.376. The van der Waals surface area contributed by atoms with E-state index < -0.39 is 5.82 Å². The van der Waals surface area contributed by atoms with Gasteiger partial charge in [0.2, 0.25) is 0 Å². The van der Waals surface area contributed by atoms with Crippen molar-refractivity contribution in [3.05, 3.63) is 52.4 Å². The molecule has 5 rings (SSSR count). The van der Waals surface area contributed by atoms with Crippen LogP contribution in [0.1, 0.15) is 11.3 Å². The molecular formula is C22H23ClFN5O. The Balaban J connectivity index is 1.56. The Morgan fingerprint density at radius 1 is 1.07 bits per heavy atom. The molecule has 0 bridgehead atoms. The first-order valence-corrected chi connectivity index (χ1v) is 10.5. The Hall–Kier alpha value is -2.64. The second kappa shape index (κ2) is 7.89. The lowest BCUT2D eigenvalue weighted by Crippen LogP contribution is -2.45. The zero-order chi connectivity index (χ0) is 20.7. The molecule has 3 aromatic rings. The van der Waals surface area contributed by atoms with Crippen molar-refractivity contribution in [1.29, 1.82) is 0 Å². The Labute approximate surface area is 179 Å². The van der Waals surface area contributed by atoms with Crippen LogP contribution in [-0.2, 0) is 13.0 Å². The summed E-state index contributed by atoms with van der Waals surface area (Å²) < 4.78 is 19.6. The van der Waals surface area contributed by atoms with E-state index in [0.717, 1.165) is 67.1 Å². The molecule has 0 radical (unpaired) electrons. The Kier molecular flexibility index (Phi) is 5.08. The largest absolute Gasteiger partial charge is 0.467 e. The first-order valence-electron chi connectivity index (χ1n) is 10.2. The number of hydrogen-bond donors (Lipinski definition) is 1. The number of hydrogen-bond acceptors (Lipinski definition) is 6. The molecule has 0 unspecified atom stereocenters. The number of fused-ring (bicyclic) bond motifs is 2. The second-order valence-corrected chi connectivity index (χ2v) is 7.98. The SMILES string of the molecule is COc1nc2c(c(N3CCNCC3)n1)CCN(c1cccc3ccc(F)c(Cl)c13)C2. The Morgan fingerprint density at radius 2 is 1.90 bits per heavy atom. The van der Waals surface area contributed by atoms with Gasteiger partial charge < -0.3 is 19.9 Å². The average molecular weight is 428 g/mol. The topological polar surface area (TPSA) is 53.5 Å². The molecule has 3 heterocycles. The lowest BCUT2D eigenvalue weighted by Gasteiger charge is -2.35. The molecule has 0 spiro atoms. The maximum atomic E-state index is 14.2. The monoisotopic (exact) mass is 427 g/mol. The predicted molar refractivity (Wildman–Crippen MR) is 117 cm³/mol. The Bertz CT molecular complexity index is 1100. The number of ether oxygens (including phenoxy) is 1. The minimum absolute atomic E-state index is 0.163. The van der Waals surface area contributed by atoms with E-state index in [9.17, 15) is 4.39 Å².